The second-order valence-electron chi connectivity index (χ2n) is 12.7. The van der Waals surface area contributed by atoms with E-state index in [1.165, 1.54) is 0 Å². The van der Waals surface area contributed by atoms with Gasteiger partial charge in [-0.3, -0.25) is 0 Å². The number of benzene rings is 7. The molecule has 2 aromatic heterocycles. The molecule has 0 aliphatic heterocycles. The van der Waals surface area contributed by atoms with Crippen LogP contribution in [0.4, 0.5) is 0 Å². The van der Waals surface area contributed by atoms with Crippen molar-refractivity contribution >= 4 is 11.1 Å². The first kappa shape index (κ1) is 31.6. The Kier molecular flexibility index (Phi) is 8.16. The third-order valence-corrected chi connectivity index (χ3v) is 9.42. The highest BCUT2D eigenvalue weighted by Crippen LogP contribution is 2.40. The number of nitriles is 1. The van der Waals surface area contributed by atoms with Crippen LogP contribution in [0.15, 0.2) is 186 Å². The summed E-state index contributed by atoms with van der Waals surface area (Å²) in [5.41, 5.74) is 13.8. The molecule has 0 fully saturated rings. The standard InChI is InChI=1S/C48H30N4O/c49-31-32-13-12-16-36(29-32)38-18-5-8-21-41(38)45-30-44(34-14-2-1-3-15-34)50-47(51-45)42-22-9-7-20-40(42)39-19-6-4-17-37(39)33-25-27-35(28-26-33)48-52-43-23-10-11-24-46(43)53-48/h1-30H. The number of fused-ring (bicyclic) bond motifs is 1. The summed E-state index contributed by atoms with van der Waals surface area (Å²) in [6.07, 6.45) is 0. The van der Waals surface area contributed by atoms with Gasteiger partial charge in [0.05, 0.1) is 23.0 Å². The molecule has 7 aromatic carbocycles. The molecule has 9 aromatic rings. The zero-order valence-corrected chi connectivity index (χ0v) is 28.5. The largest absolute Gasteiger partial charge is 0.436 e. The Labute approximate surface area is 307 Å². The van der Waals surface area contributed by atoms with Crippen molar-refractivity contribution in [3.63, 3.8) is 0 Å². The van der Waals surface area contributed by atoms with Crippen LogP contribution in [0.1, 0.15) is 5.56 Å². The second-order valence-corrected chi connectivity index (χ2v) is 12.7. The Morgan fingerprint density at radius 1 is 0.396 bits per heavy atom. The van der Waals surface area contributed by atoms with Crippen LogP contribution in [-0.2, 0) is 0 Å². The number of hydrogen-bond donors (Lipinski definition) is 0. The molecular formula is C48H30N4O. The summed E-state index contributed by atoms with van der Waals surface area (Å²) in [5.74, 6) is 1.22. The molecule has 0 saturated heterocycles. The number of nitrogens with zero attached hydrogens (tertiary/aromatic N) is 4. The monoisotopic (exact) mass is 678 g/mol. The van der Waals surface area contributed by atoms with Crippen LogP contribution in [0.2, 0.25) is 0 Å². The minimum atomic E-state index is 0.599. The van der Waals surface area contributed by atoms with E-state index in [1.54, 1.807) is 0 Å². The van der Waals surface area contributed by atoms with Crippen LogP contribution in [0, 0.1) is 11.3 Å². The average Bonchev–Trinajstić information content (AvgIpc) is 3.69. The van der Waals surface area contributed by atoms with Gasteiger partial charge in [-0.2, -0.15) is 5.26 Å². The summed E-state index contributed by atoms with van der Waals surface area (Å²) in [6, 6.07) is 63.4. The average molecular weight is 679 g/mol. The lowest BCUT2D eigenvalue weighted by atomic mass is 9.91. The summed E-state index contributed by atoms with van der Waals surface area (Å²) in [7, 11) is 0. The molecule has 0 atom stereocenters. The first-order valence-corrected chi connectivity index (χ1v) is 17.4. The van der Waals surface area contributed by atoms with Gasteiger partial charge in [-0.05, 0) is 75.8 Å². The highest BCUT2D eigenvalue weighted by molar-refractivity contribution is 5.92. The quantitative estimate of drug-likeness (QED) is 0.168. The summed E-state index contributed by atoms with van der Waals surface area (Å²) in [4.78, 5) is 15.2. The van der Waals surface area contributed by atoms with Gasteiger partial charge in [0, 0.05) is 22.3 Å². The molecule has 0 aliphatic carbocycles. The molecule has 0 amide bonds. The molecule has 0 spiro atoms. The van der Waals surface area contributed by atoms with Gasteiger partial charge in [0.25, 0.3) is 0 Å². The molecule has 0 N–H and O–H groups in total. The fraction of sp³-hybridized carbons (Fsp3) is 0. The minimum absolute atomic E-state index is 0.599. The second kappa shape index (κ2) is 13.7. The van der Waals surface area contributed by atoms with E-state index < -0.39 is 0 Å². The normalized spacial score (nSPS) is 11.0. The van der Waals surface area contributed by atoms with Gasteiger partial charge < -0.3 is 4.42 Å². The van der Waals surface area contributed by atoms with Crippen LogP contribution in [0.25, 0.3) is 89.8 Å². The van der Waals surface area contributed by atoms with Crippen molar-refractivity contribution < 1.29 is 4.42 Å². The molecule has 0 aliphatic rings. The predicted octanol–water partition coefficient (Wildman–Crippen LogP) is 12.2. The lowest BCUT2D eigenvalue weighted by molar-refractivity contribution is 0.620. The third-order valence-electron chi connectivity index (χ3n) is 9.42. The van der Waals surface area contributed by atoms with E-state index in [4.69, 9.17) is 19.4 Å². The number of aromatic nitrogens is 3. The lowest BCUT2D eigenvalue weighted by Gasteiger charge is -2.16. The van der Waals surface area contributed by atoms with E-state index in [9.17, 15) is 5.26 Å². The van der Waals surface area contributed by atoms with Gasteiger partial charge in [-0.15, -0.1) is 0 Å². The third kappa shape index (κ3) is 6.16. The number of hydrogen-bond acceptors (Lipinski definition) is 5. The molecule has 248 valence electrons. The van der Waals surface area contributed by atoms with Crippen molar-refractivity contribution in [1.82, 2.24) is 15.0 Å². The maximum atomic E-state index is 9.64. The maximum Gasteiger partial charge on any atom is 0.227 e. The first-order valence-electron chi connectivity index (χ1n) is 17.4. The van der Waals surface area contributed by atoms with Crippen molar-refractivity contribution in [3.05, 3.63) is 188 Å². The van der Waals surface area contributed by atoms with E-state index in [1.807, 2.05) is 84.9 Å². The topological polar surface area (TPSA) is 75.6 Å². The minimum Gasteiger partial charge on any atom is -0.436 e. The number of oxazole rings is 1. The van der Waals surface area contributed by atoms with E-state index in [0.717, 1.165) is 78.1 Å². The summed E-state index contributed by atoms with van der Waals surface area (Å²) in [5, 5.41) is 9.64. The fourth-order valence-electron chi connectivity index (χ4n) is 6.85. The molecule has 53 heavy (non-hydrogen) atoms. The number of rotatable bonds is 7. The Balaban J connectivity index is 1.17. The van der Waals surface area contributed by atoms with Crippen molar-refractivity contribution in [2.75, 3.05) is 0 Å². The number of para-hydroxylation sites is 2. The van der Waals surface area contributed by atoms with Gasteiger partial charge in [-0.1, -0.05) is 140 Å². The van der Waals surface area contributed by atoms with Gasteiger partial charge in [0.15, 0.2) is 11.4 Å². The Morgan fingerprint density at radius 2 is 0.962 bits per heavy atom. The van der Waals surface area contributed by atoms with Crippen molar-refractivity contribution in [1.29, 1.82) is 5.26 Å². The van der Waals surface area contributed by atoms with Crippen molar-refractivity contribution in [3.8, 4) is 84.8 Å². The van der Waals surface area contributed by atoms with E-state index in [2.05, 4.69) is 103 Å². The van der Waals surface area contributed by atoms with Crippen molar-refractivity contribution in [2.24, 2.45) is 0 Å². The van der Waals surface area contributed by atoms with E-state index in [0.29, 0.717) is 17.3 Å². The van der Waals surface area contributed by atoms with Crippen LogP contribution in [0.3, 0.4) is 0 Å². The molecular weight excluding hydrogens is 649 g/mol. The van der Waals surface area contributed by atoms with Crippen molar-refractivity contribution in [2.45, 2.75) is 0 Å². The molecule has 0 bridgehead atoms. The Morgan fingerprint density at radius 3 is 1.70 bits per heavy atom. The Hall–Kier alpha value is -7.42. The zero-order valence-electron chi connectivity index (χ0n) is 28.5. The molecule has 0 saturated carbocycles. The molecule has 9 rings (SSSR count). The van der Waals surface area contributed by atoms with Crippen LogP contribution in [-0.4, -0.2) is 15.0 Å². The molecule has 0 unspecified atom stereocenters. The Bertz CT molecular complexity index is 2760. The van der Waals surface area contributed by atoms with Gasteiger partial charge in [0.1, 0.15) is 5.52 Å². The van der Waals surface area contributed by atoms with Gasteiger partial charge >= 0.3 is 0 Å². The first-order chi connectivity index (χ1) is 26.2. The lowest BCUT2D eigenvalue weighted by Crippen LogP contribution is -1.98. The van der Waals surface area contributed by atoms with Gasteiger partial charge in [-0.25, -0.2) is 15.0 Å². The van der Waals surface area contributed by atoms with Crippen LogP contribution in [0.5, 0.6) is 0 Å². The highest BCUT2D eigenvalue weighted by atomic mass is 16.3. The molecule has 0 radical (unpaired) electrons. The zero-order chi connectivity index (χ0) is 35.6. The highest BCUT2D eigenvalue weighted by Gasteiger charge is 2.18. The maximum absolute atomic E-state index is 9.64. The molecule has 5 nitrogen and oxygen atoms in total. The predicted molar refractivity (Wildman–Crippen MR) is 212 cm³/mol. The summed E-state index contributed by atoms with van der Waals surface area (Å²) < 4.78 is 6.05. The van der Waals surface area contributed by atoms with Crippen LogP contribution < -0.4 is 0 Å². The molecule has 5 heteroatoms. The summed E-state index contributed by atoms with van der Waals surface area (Å²) >= 11 is 0. The van der Waals surface area contributed by atoms with E-state index in [-0.39, 0.29) is 0 Å². The SMILES string of the molecule is N#Cc1cccc(-c2ccccc2-c2cc(-c3ccccc3)nc(-c3ccccc3-c3ccccc3-c3ccc(-c4nc5ccccc5o4)cc3)n2)c1. The van der Waals surface area contributed by atoms with Crippen LogP contribution >= 0.6 is 0 Å². The van der Waals surface area contributed by atoms with Gasteiger partial charge in [0.2, 0.25) is 5.89 Å². The van der Waals surface area contributed by atoms with E-state index >= 15 is 0 Å². The summed E-state index contributed by atoms with van der Waals surface area (Å²) in [6.45, 7) is 0. The smallest absolute Gasteiger partial charge is 0.227 e. The fourth-order valence-corrected chi connectivity index (χ4v) is 6.85. The molecule has 2 heterocycles.